The van der Waals surface area contributed by atoms with E-state index in [0.29, 0.717) is 23.1 Å². The van der Waals surface area contributed by atoms with Crippen LogP contribution in [0.5, 0.6) is 0 Å². The molecule has 152 valence electrons. The predicted molar refractivity (Wildman–Crippen MR) is 116 cm³/mol. The maximum atomic E-state index is 14.0. The average Bonchev–Trinajstić information content (AvgIpc) is 2.79. The Morgan fingerprint density at radius 1 is 0.867 bits per heavy atom. The number of hydrogen-bond donors (Lipinski definition) is 0. The third-order valence-electron chi connectivity index (χ3n) is 5.79. The standard InChI is InChI=1S/C23H22FN5O/c24-19-6-2-4-8-21(19)28-12-9-27(10-13-28)11-14-29-16-26-22-17-5-1-3-7-20(17)25-15-18(22)23(29)30/h1-8,15-16H,9-14H2. The molecule has 6 nitrogen and oxygen atoms in total. The van der Waals surface area contributed by atoms with Crippen LogP contribution in [0.2, 0.25) is 0 Å². The summed E-state index contributed by atoms with van der Waals surface area (Å²) in [5.74, 6) is -0.180. The van der Waals surface area contributed by atoms with E-state index in [4.69, 9.17) is 0 Å². The van der Waals surface area contributed by atoms with Crippen LogP contribution in [0.3, 0.4) is 0 Å². The second-order valence-corrected chi connectivity index (χ2v) is 7.56. The molecule has 1 aliphatic rings. The van der Waals surface area contributed by atoms with Crippen LogP contribution >= 0.6 is 0 Å². The summed E-state index contributed by atoms with van der Waals surface area (Å²) in [6.07, 6.45) is 3.25. The molecule has 0 radical (unpaired) electrons. The second kappa shape index (κ2) is 7.84. The largest absolute Gasteiger partial charge is 0.367 e. The minimum absolute atomic E-state index is 0.0664. The molecule has 0 N–H and O–H groups in total. The lowest BCUT2D eigenvalue weighted by atomic mass is 10.1. The van der Waals surface area contributed by atoms with Crippen molar-refractivity contribution in [1.82, 2.24) is 19.4 Å². The van der Waals surface area contributed by atoms with Crippen molar-refractivity contribution >= 4 is 27.5 Å². The lowest BCUT2D eigenvalue weighted by molar-refractivity contribution is 0.246. The highest BCUT2D eigenvalue weighted by molar-refractivity contribution is 6.02. The van der Waals surface area contributed by atoms with E-state index in [-0.39, 0.29) is 11.4 Å². The number of nitrogens with zero attached hydrogens (tertiary/aromatic N) is 5. The van der Waals surface area contributed by atoms with Gasteiger partial charge < -0.3 is 4.90 Å². The van der Waals surface area contributed by atoms with E-state index in [1.54, 1.807) is 23.2 Å². The normalized spacial score (nSPS) is 15.2. The van der Waals surface area contributed by atoms with Crippen molar-refractivity contribution < 1.29 is 4.39 Å². The highest BCUT2D eigenvalue weighted by Crippen LogP contribution is 2.20. The minimum atomic E-state index is -0.180. The average molecular weight is 403 g/mol. The van der Waals surface area contributed by atoms with Gasteiger partial charge in [0, 0.05) is 50.9 Å². The first-order valence-corrected chi connectivity index (χ1v) is 10.2. The number of pyridine rings is 1. The fourth-order valence-electron chi connectivity index (χ4n) is 4.09. The van der Waals surface area contributed by atoms with Crippen molar-refractivity contribution in [2.75, 3.05) is 37.6 Å². The fraction of sp³-hybridized carbons (Fsp3) is 0.261. The molecule has 2 aromatic carbocycles. The van der Waals surface area contributed by atoms with Crippen molar-refractivity contribution in [2.24, 2.45) is 0 Å². The number of fused-ring (bicyclic) bond motifs is 3. The fourth-order valence-corrected chi connectivity index (χ4v) is 4.09. The topological polar surface area (TPSA) is 54.3 Å². The van der Waals surface area contributed by atoms with Gasteiger partial charge in [0.2, 0.25) is 0 Å². The zero-order valence-corrected chi connectivity index (χ0v) is 16.5. The molecular formula is C23H22FN5O. The molecule has 0 aliphatic carbocycles. The van der Waals surface area contributed by atoms with Crippen molar-refractivity contribution in [3.05, 3.63) is 77.2 Å². The van der Waals surface area contributed by atoms with Gasteiger partial charge in [0.05, 0.1) is 28.4 Å². The molecular weight excluding hydrogens is 381 g/mol. The van der Waals surface area contributed by atoms with Crippen molar-refractivity contribution in [3.8, 4) is 0 Å². The van der Waals surface area contributed by atoms with Crippen LogP contribution in [0.1, 0.15) is 0 Å². The van der Waals surface area contributed by atoms with Crippen LogP contribution in [-0.4, -0.2) is 52.2 Å². The molecule has 3 heterocycles. The van der Waals surface area contributed by atoms with E-state index in [2.05, 4.69) is 19.8 Å². The van der Waals surface area contributed by atoms with Crippen molar-refractivity contribution in [1.29, 1.82) is 0 Å². The van der Waals surface area contributed by atoms with Gasteiger partial charge in [0.25, 0.3) is 5.56 Å². The highest BCUT2D eigenvalue weighted by atomic mass is 19.1. The van der Waals surface area contributed by atoms with Crippen LogP contribution in [0, 0.1) is 5.82 Å². The van der Waals surface area contributed by atoms with E-state index in [0.717, 1.165) is 43.6 Å². The molecule has 7 heteroatoms. The number of halogens is 1. The smallest absolute Gasteiger partial charge is 0.262 e. The van der Waals surface area contributed by atoms with E-state index >= 15 is 0 Å². The predicted octanol–water partition coefficient (Wildman–Crippen LogP) is 2.91. The lowest BCUT2D eigenvalue weighted by Crippen LogP contribution is -2.47. The maximum absolute atomic E-state index is 14.0. The lowest BCUT2D eigenvalue weighted by Gasteiger charge is -2.36. The monoisotopic (exact) mass is 403 g/mol. The molecule has 0 bridgehead atoms. The van der Waals surface area contributed by atoms with Crippen LogP contribution in [-0.2, 0) is 6.54 Å². The van der Waals surface area contributed by atoms with Gasteiger partial charge in [-0.1, -0.05) is 30.3 Å². The molecule has 0 atom stereocenters. The summed E-state index contributed by atoms with van der Waals surface area (Å²) in [5, 5.41) is 1.43. The van der Waals surface area contributed by atoms with E-state index in [9.17, 15) is 9.18 Å². The first kappa shape index (κ1) is 18.7. The Labute approximate surface area is 173 Å². The number of benzene rings is 2. The van der Waals surface area contributed by atoms with Crippen molar-refractivity contribution in [2.45, 2.75) is 6.54 Å². The molecule has 1 aliphatic heterocycles. The van der Waals surface area contributed by atoms with Crippen molar-refractivity contribution in [3.63, 3.8) is 0 Å². The molecule has 0 saturated carbocycles. The minimum Gasteiger partial charge on any atom is -0.367 e. The van der Waals surface area contributed by atoms with Crippen LogP contribution < -0.4 is 10.5 Å². The van der Waals surface area contributed by atoms with Gasteiger partial charge in [0.15, 0.2) is 0 Å². The Morgan fingerprint density at radius 3 is 2.47 bits per heavy atom. The zero-order chi connectivity index (χ0) is 20.5. The van der Waals surface area contributed by atoms with Crippen LogP contribution in [0.4, 0.5) is 10.1 Å². The third kappa shape index (κ3) is 3.41. The molecule has 2 aromatic heterocycles. The van der Waals surface area contributed by atoms with Gasteiger partial charge in [-0.05, 0) is 18.2 Å². The SMILES string of the molecule is O=c1c2cnc3ccccc3c2ncn1CCN1CCN(c2ccccc2F)CC1. The van der Waals surface area contributed by atoms with E-state index in [1.165, 1.54) is 6.07 Å². The Bertz CT molecular complexity index is 1260. The summed E-state index contributed by atoms with van der Waals surface area (Å²) in [4.78, 5) is 26.3. The molecule has 4 aromatic rings. The van der Waals surface area contributed by atoms with Gasteiger partial charge >= 0.3 is 0 Å². The van der Waals surface area contributed by atoms with Gasteiger partial charge in [-0.3, -0.25) is 19.2 Å². The molecule has 0 unspecified atom stereocenters. The molecule has 30 heavy (non-hydrogen) atoms. The third-order valence-corrected chi connectivity index (χ3v) is 5.79. The Balaban J connectivity index is 1.28. The highest BCUT2D eigenvalue weighted by Gasteiger charge is 2.19. The molecule has 1 fully saturated rings. The quantitative estimate of drug-likeness (QED) is 0.491. The first-order valence-electron chi connectivity index (χ1n) is 10.2. The molecule has 0 amide bonds. The molecule has 1 saturated heterocycles. The first-order chi connectivity index (χ1) is 14.7. The number of anilines is 1. The molecule has 5 rings (SSSR count). The zero-order valence-electron chi connectivity index (χ0n) is 16.5. The van der Waals surface area contributed by atoms with Gasteiger partial charge in [-0.15, -0.1) is 0 Å². The summed E-state index contributed by atoms with van der Waals surface area (Å²) in [7, 11) is 0. The van der Waals surface area contributed by atoms with Gasteiger partial charge in [-0.2, -0.15) is 0 Å². The number of piperazine rings is 1. The number of rotatable bonds is 4. The number of aromatic nitrogens is 3. The van der Waals surface area contributed by atoms with Gasteiger partial charge in [-0.25, -0.2) is 9.37 Å². The molecule has 0 spiro atoms. The summed E-state index contributed by atoms with van der Waals surface area (Å²) < 4.78 is 15.7. The van der Waals surface area contributed by atoms with E-state index < -0.39 is 0 Å². The second-order valence-electron chi connectivity index (χ2n) is 7.56. The van der Waals surface area contributed by atoms with Crippen LogP contribution in [0.15, 0.2) is 65.8 Å². The van der Waals surface area contributed by atoms with E-state index in [1.807, 2.05) is 36.4 Å². The van der Waals surface area contributed by atoms with Crippen LogP contribution in [0.25, 0.3) is 21.8 Å². The van der Waals surface area contributed by atoms with Gasteiger partial charge in [0.1, 0.15) is 5.82 Å². The summed E-state index contributed by atoms with van der Waals surface area (Å²) in [6, 6.07) is 14.6. The Morgan fingerprint density at radius 2 is 1.63 bits per heavy atom. The number of para-hydroxylation sites is 2. The summed E-state index contributed by atoms with van der Waals surface area (Å²) >= 11 is 0. The summed E-state index contributed by atoms with van der Waals surface area (Å²) in [6.45, 7) is 4.50. The Kier molecular flexibility index (Phi) is 4.88. The Hall–Kier alpha value is -3.32. The number of hydrogen-bond acceptors (Lipinski definition) is 5. The summed E-state index contributed by atoms with van der Waals surface area (Å²) in [5.41, 5.74) is 2.12. The maximum Gasteiger partial charge on any atom is 0.262 e.